The van der Waals surface area contributed by atoms with Gasteiger partial charge in [-0.1, -0.05) is 0 Å². The van der Waals surface area contributed by atoms with E-state index in [0.29, 0.717) is 0 Å². The first-order valence-corrected chi connectivity index (χ1v) is 4.00. The van der Waals surface area contributed by atoms with Gasteiger partial charge in [-0.3, -0.25) is 4.79 Å². The lowest BCUT2D eigenvalue weighted by molar-refractivity contribution is -0.124. The van der Waals surface area contributed by atoms with Crippen molar-refractivity contribution in [1.29, 1.82) is 0 Å². The van der Waals surface area contributed by atoms with Crippen molar-refractivity contribution in [2.24, 2.45) is 5.73 Å². The van der Waals surface area contributed by atoms with Crippen LogP contribution < -0.4 is 11.1 Å². The van der Waals surface area contributed by atoms with E-state index in [9.17, 15) is 14.4 Å². The Morgan fingerprint density at radius 2 is 1.93 bits per heavy atom. The molecule has 0 saturated carbocycles. The summed E-state index contributed by atoms with van der Waals surface area (Å²) in [5, 5.41) is 2.02. The van der Waals surface area contributed by atoms with Crippen LogP contribution in [0.25, 0.3) is 0 Å². The van der Waals surface area contributed by atoms with Crippen LogP contribution >= 0.6 is 0 Å². The Morgan fingerprint density at radius 3 is 2.21 bits per heavy atom. The van der Waals surface area contributed by atoms with Gasteiger partial charge in [0, 0.05) is 0 Å². The molecule has 0 aliphatic heterocycles. The second-order valence-electron chi connectivity index (χ2n) is 3.66. The molecular formula is C8H14N2O4. The van der Waals surface area contributed by atoms with E-state index in [1.54, 1.807) is 20.8 Å². The van der Waals surface area contributed by atoms with E-state index in [-0.39, 0.29) is 6.29 Å². The highest BCUT2D eigenvalue weighted by atomic mass is 16.6. The molecule has 6 nitrogen and oxygen atoms in total. The van der Waals surface area contributed by atoms with Gasteiger partial charge in [0.1, 0.15) is 5.60 Å². The second kappa shape index (κ2) is 4.59. The third kappa shape index (κ3) is 5.13. The maximum atomic E-state index is 11.0. The highest BCUT2D eigenvalue weighted by Crippen LogP contribution is 2.06. The van der Waals surface area contributed by atoms with Crippen molar-refractivity contribution in [1.82, 2.24) is 5.32 Å². The molecular weight excluding hydrogens is 188 g/mol. The zero-order chi connectivity index (χ0) is 11.4. The van der Waals surface area contributed by atoms with E-state index in [4.69, 9.17) is 10.5 Å². The zero-order valence-electron chi connectivity index (χ0n) is 8.37. The summed E-state index contributed by atoms with van der Waals surface area (Å²) >= 11 is 0. The molecule has 0 aromatic heterocycles. The molecule has 0 fully saturated rings. The first-order chi connectivity index (χ1) is 6.26. The molecule has 6 heteroatoms. The molecule has 2 amide bonds. The predicted molar refractivity (Wildman–Crippen MR) is 48.4 cm³/mol. The third-order valence-electron chi connectivity index (χ3n) is 1.11. The minimum Gasteiger partial charge on any atom is -0.444 e. The lowest BCUT2D eigenvalue weighted by Gasteiger charge is -2.20. The van der Waals surface area contributed by atoms with Gasteiger partial charge in [0.05, 0.1) is 0 Å². The fourth-order valence-electron chi connectivity index (χ4n) is 0.607. The Hall–Kier alpha value is -1.59. The average molecular weight is 202 g/mol. The van der Waals surface area contributed by atoms with Crippen LogP contribution in [0.5, 0.6) is 0 Å². The number of ether oxygens (including phenoxy) is 1. The molecule has 0 rings (SSSR count). The van der Waals surface area contributed by atoms with Crippen LogP contribution in [0.1, 0.15) is 20.8 Å². The maximum Gasteiger partial charge on any atom is 0.408 e. The summed E-state index contributed by atoms with van der Waals surface area (Å²) in [6.07, 6.45) is -0.611. The zero-order valence-corrected chi connectivity index (χ0v) is 8.37. The SMILES string of the molecule is CC(C)(C)OC(=O)NC(C=O)C(N)=O. The van der Waals surface area contributed by atoms with Gasteiger partial charge in [-0.2, -0.15) is 0 Å². The minimum absolute atomic E-state index is 0.242. The van der Waals surface area contributed by atoms with Gasteiger partial charge >= 0.3 is 6.09 Å². The molecule has 0 radical (unpaired) electrons. The lowest BCUT2D eigenvalue weighted by atomic mass is 10.2. The van der Waals surface area contributed by atoms with Crippen molar-refractivity contribution in [3.8, 4) is 0 Å². The van der Waals surface area contributed by atoms with Gasteiger partial charge in [0.25, 0.3) is 0 Å². The molecule has 14 heavy (non-hydrogen) atoms. The summed E-state index contributed by atoms with van der Waals surface area (Å²) < 4.78 is 4.80. The second-order valence-corrected chi connectivity index (χ2v) is 3.66. The van der Waals surface area contributed by atoms with Gasteiger partial charge < -0.3 is 20.6 Å². The quantitative estimate of drug-likeness (QED) is 0.479. The molecule has 0 aromatic rings. The van der Waals surface area contributed by atoms with Crippen LogP contribution in [-0.2, 0) is 14.3 Å². The third-order valence-corrected chi connectivity index (χ3v) is 1.11. The van der Waals surface area contributed by atoms with Crippen molar-refractivity contribution >= 4 is 18.3 Å². The van der Waals surface area contributed by atoms with Crippen LogP contribution in [-0.4, -0.2) is 29.9 Å². The van der Waals surface area contributed by atoms with E-state index in [2.05, 4.69) is 0 Å². The standard InChI is InChI=1S/C8H14N2O4/c1-8(2,3)14-7(13)10-5(4-11)6(9)12/h4-5H,1-3H3,(H2,9,12)(H,10,13). The summed E-state index contributed by atoms with van der Waals surface area (Å²) in [6, 6.07) is -1.34. The molecule has 0 spiro atoms. The van der Waals surface area contributed by atoms with E-state index < -0.39 is 23.6 Å². The number of amides is 2. The van der Waals surface area contributed by atoms with Gasteiger partial charge in [-0.05, 0) is 20.8 Å². The van der Waals surface area contributed by atoms with Crippen LogP contribution in [0.4, 0.5) is 4.79 Å². The predicted octanol–water partition coefficient (Wildman–Crippen LogP) is -0.436. The Balaban J connectivity index is 4.18. The monoisotopic (exact) mass is 202 g/mol. The van der Waals surface area contributed by atoms with Gasteiger partial charge in [-0.25, -0.2) is 4.79 Å². The maximum absolute atomic E-state index is 11.0. The van der Waals surface area contributed by atoms with Crippen molar-refractivity contribution < 1.29 is 19.1 Å². The molecule has 3 N–H and O–H groups in total. The Kier molecular flexibility index (Phi) is 4.07. The number of carbonyl (C=O) groups is 3. The average Bonchev–Trinajstić information content (AvgIpc) is 1.96. The van der Waals surface area contributed by atoms with Crippen LogP contribution in [0.3, 0.4) is 0 Å². The van der Waals surface area contributed by atoms with E-state index >= 15 is 0 Å². The minimum atomic E-state index is -1.34. The van der Waals surface area contributed by atoms with Crippen LogP contribution in [0.15, 0.2) is 0 Å². The van der Waals surface area contributed by atoms with E-state index in [0.717, 1.165) is 0 Å². The number of nitrogens with two attached hydrogens (primary N) is 1. The number of hydrogen-bond acceptors (Lipinski definition) is 4. The van der Waals surface area contributed by atoms with Crippen molar-refractivity contribution in [3.63, 3.8) is 0 Å². The molecule has 0 aromatic carbocycles. The highest BCUT2D eigenvalue weighted by molar-refractivity contribution is 5.97. The molecule has 0 aliphatic carbocycles. The molecule has 0 aliphatic rings. The molecule has 1 unspecified atom stereocenters. The smallest absolute Gasteiger partial charge is 0.408 e. The summed E-state index contributed by atoms with van der Waals surface area (Å²) in [6.45, 7) is 4.98. The number of aldehydes is 1. The van der Waals surface area contributed by atoms with Crippen molar-refractivity contribution in [2.75, 3.05) is 0 Å². The van der Waals surface area contributed by atoms with Gasteiger partial charge in [0.15, 0.2) is 12.3 Å². The molecule has 0 bridgehead atoms. The summed E-state index contributed by atoms with van der Waals surface area (Å²) in [5.41, 5.74) is 4.13. The van der Waals surface area contributed by atoms with Crippen molar-refractivity contribution in [2.45, 2.75) is 32.4 Å². The van der Waals surface area contributed by atoms with Crippen molar-refractivity contribution in [3.05, 3.63) is 0 Å². The Morgan fingerprint density at radius 1 is 1.43 bits per heavy atom. The number of alkyl carbamates (subject to hydrolysis) is 1. The number of rotatable bonds is 3. The highest BCUT2D eigenvalue weighted by Gasteiger charge is 2.21. The summed E-state index contributed by atoms with van der Waals surface area (Å²) in [5.74, 6) is -0.925. The van der Waals surface area contributed by atoms with Gasteiger partial charge in [0.2, 0.25) is 5.91 Å². The lowest BCUT2D eigenvalue weighted by Crippen LogP contribution is -2.47. The van der Waals surface area contributed by atoms with E-state index in [1.807, 2.05) is 5.32 Å². The number of carbonyl (C=O) groups excluding carboxylic acids is 3. The molecule has 0 heterocycles. The molecule has 80 valence electrons. The fraction of sp³-hybridized carbons (Fsp3) is 0.625. The normalized spacial score (nSPS) is 12.8. The van der Waals surface area contributed by atoms with Gasteiger partial charge in [-0.15, -0.1) is 0 Å². The van der Waals surface area contributed by atoms with Crippen LogP contribution in [0, 0.1) is 0 Å². The first-order valence-electron chi connectivity index (χ1n) is 4.00. The molecule has 0 saturated heterocycles. The summed E-state index contributed by atoms with van der Waals surface area (Å²) in [4.78, 5) is 31.9. The fourth-order valence-corrected chi connectivity index (χ4v) is 0.607. The largest absolute Gasteiger partial charge is 0.444 e. The van der Waals surface area contributed by atoms with Crippen LogP contribution in [0.2, 0.25) is 0 Å². The summed E-state index contributed by atoms with van der Waals surface area (Å²) in [7, 11) is 0. The topological polar surface area (TPSA) is 98.5 Å². The molecule has 1 atom stereocenters. The van der Waals surface area contributed by atoms with E-state index in [1.165, 1.54) is 0 Å². The number of nitrogens with one attached hydrogen (secondary N) is 1. The Bertz CT molecular complexity index is 244. The Labute approximate surface area is 81.8 Å². The number of primary amides is 1. The first kappa shape index (κ1) is 12.4. The number of hydrogen-bond donors (Lipinski definition) is 2.